The molecule has 1 atom stereocenters. The van der Waals surface area contributed by atoms with Crippen molar-refractivity contribution in [2.45, 2.75) is 13.0 Å². The first-order valence-electron chi connectivity index (χ1n) is 8.69. The largest absolute Gasteiger partial charge is 0.497 e. The van der Waals surface area contributed by atoms with E-state index in [4.69, 9.17) is 30.5 Å². The Balaban J connectivity index is 2.31. The number of azo groups is 1. The summed E-state index contributed by atoms with van der Waals surface area (Å²) in [5, 5.41) is 10.7. The number of carbonyl (C=O) groups is 2. The second-order valence-electron chi connectivity index (χ2n) is 5.98. The summed E-state index contributed by atoms with van der Waals surface area (Å²) in [6.07, 6.45) is 0. The molecule has 160 valence electrons. The second kappa shape index (κ2) is 10.4. The fourth-order valence-electron chi connectivity index (χ4n) is 2.48. The molecule has 1 N–H and O–H groups in total. The van der Waals surface area contributed by atoms with Crippen LogP contribution in [0.15, 0.2) is 40.6 Å². The molecule has 0 aromatic heterocycles. The van der Waals surface area contributed by atoms with E-state index in [9.17, 15) is 9.59 Å². The Hall–Kier alpha value is -3.33. The van der Waals surface area contributed by atoms with Gasteiger partial charge < -0.3 is 24.3 Å². The van der Waals surface area contributed by atoms with Crippen molar-refractivity contribution in [2.75, 3.05) is 33.8 Å². The van der Waals surface area contributed by atoms with Gasteiger partial charge in [0, 0.05) is 30.3 Å². The number of halogens is 1. The first-order chi connectivity index (χ1) is 14.3. The van der Waals surface area contributed by atoms with E-state index in [2.05, 4.69) is 15.5 Å². The van der Waals surface area contributed by atoms with Gasteiger partial charge in [-0.1, -0.05) is 11.6 Å². The summed E-state index contributed by atoms with van der Waals surface area (Å²) in [5.74, 6) is 0.400. The van der Waals surface area contributed by atoms with Crippen LogP contribution in [0.5, 0.6) is 23.0 Å². The van der Waals surface area contributed by atoms with Gasteiger partial charge in [0.15, 0.2) is 11.5 Å². The fraction of sp³-hybridized carbons (Fsp3) is 0.300. The molecule has 0 aliphatic heterocycles. The molecule has 0 aliphatic carbocycles. The predicted molar refractivity (Wildman–Crippen MR) is 112 cm³/mol. The van der Waals surface area contributed by atoms with Crippen LogP contribution in [0.25, 0.3) is 0 Å². The number of ether oxygens (including phenoxy) is 4. The highest BCUT2D eigenvalue weighted by Gasteiger charge is 2.25. The zero-order valence-corrected chi connectivity index (χ0v) is 17.9. The van der Waals surface area contributed by atoms with Crippen molar-refractivity contribution in [3.63, 3.8) is 0 Å². The molecular formula is C20H22ClN3O6. The number of ketones is 1. The minimum absolute atomic E-state index is 0.225. The molecule has 0 aliphatic rings. The minimum Gasteiger partial charge on any atom is -0.497 e. The van der Waals surface area contributed by atoms with Crippen LogP contribution in [0.1, 0.15) is 6.92 Å². The van der Waals surface area contributed by atoms with E-state index in [1.54, 1.807) is 18.2 Å². The normalized spacial score (nSPS) is 11.7. The van der Waals surface area contributed by atoms with Gasteiger partial charge in [-0.05, 0) is 6.92 Å². The lowest BCUT2D eigenvalue weighted by Crippen LogP contribution is -2.32. The molecule has 9 nitrogen and oxygen atoms in total. The summed E-state index contributed by atoms with van der Waals surface area (Å²) in [5.41, 5.74) is 0.587. The molecule has 0 heterocycles. The van der Waals surface area contributed by atoms with E-state index in [0.717, 1.165) is 0 Å². The van der Waals surface area contributed by atoms with Gasteiger partial charge >= 0.3 is 0 Å². The van der Waals surface area contributed by atoms with Crippen LogP contribution in [0.2, 0.25) is 5.02 Å². The van der Waals surface area contributed by atoms with Gasteiger partial charge in [-0.2, -0.15) is 10.2 Å². The number of amides is 1. The zero-order chi connectivity index (χ0) is 22.3. The lowest BCUT2D eigenvalue weighted by Gasteiger charge is -2.15. The van der Waals surface area contributed by atoms with Crippen molar-refractivity contribution in [3.05, 3.63) is 35.4 Å². The molecule has 0 bridgehead atoms. The second-order valence-corrected chi connectivity index (χ2v) is 6.39. The quantitative estimate of drug-likeness (QED) is 0.470. The monoisotopic (exact) mass is 435 g/mol. The maximum atomic E-state index is 12.7. The van der Waals surface area contributed by atoms with Gasteiger partial charge in [-0.15, -0.1) is 0 Å². The molecule has 0 saturated heterocycles. The van der Waals surface area contributed by atoms with Crippen molar-refractivity contribution in [3.8, 4) is 23.0 Å². The molecule has 2 aromatic carbocycles. The number of methoxy groups -OCH3 is 4. The van der Waals surface area contributed by atoms with Crippen LogP contribution in [-0.4, -0.2) is 46.2 Å². The van der Waals surface area contributed by atoms with Crippen LogP contribution in [0.3, 0.4) is 0 Å². The van der Waals surface area contributed by atoms with Crippen LogP contribution in [0, 0.1) is 0 Å². The summed E-state index contributed by atoms with van der Waals surface area (Å²) in [4.78, 5) is 24.8. The Morgan fingerprint density at radius 3 is 1.97 bits per heavy atom. The smallest absolute Gasteiger partial charge is 0.258 e. The van der Waals surface area contributed by atoms with Crippen molar-refractivity contribution in [2.24, 2.45) is 10.2 Å². The van der Waals surface area contributed by atoms with Crippen molar-refractivity contribution >= 4 is 34.7 Å². The van der Waals surface area contributed by atoms with Gasteiger partial charge in [0.1, 0.15) is 17.2 Å². The third-order valence-corrected chi connectivity index (χ3v) is 4.25. The van der Waals surface area contributed by atoms with E-state index >= 15 is 0 Å². The topological polar surface area (TPSA) is 108 Å². The Bertz CT molecular complexity index is 942. The van der Waals surface area contributed by atoms with Crippen molar-refractivity contribution < 1.29 is 28.5 Å². The predicted octanol–water partition coefficient (Wildman–Crippen LogP) is 4.05. The van der Waals surface area contributed by atoms with Gasteiger partial charge in [0.05, 0.1) is 44.8 Å². The number of nitrogens with zero attached hydrogens (tertiary/aromatic N) is 2. The maximum absolute atomic E-state index is 12.7. The molecule has 1 unspecified atom stereocenters. The number of carbonyl (C=O) groups excluding carboxylic acids is 2. The average molecular weight is 436 g/mol. The lowest BCUT2D eigenvalue weighted by molar-refractivity contribution is -0.126. The van der Waals surface area contributed by atoms with Gasteiger partial charge in [-0.3, -0.25) is 9.59 Å². The van der Waals surface area contributed by atoms with E-state index in [1.807, 2.05) is 0 Å². The number of anilines is 1. The number of hydrogen-bond acceptors (Lipinski definition) is 8. The summed E-state index contributed by atoms with van der Waals surface area (Å²) >= 11 is 6.15. The third kappa shape index (κ3) is 5.60. The average Bonchev–Trinajstić information content (AvgIpc) is 2.72. The number of rotatable bonds is 9. The molecule has 0 saturated carbocycles. The Kier molecular flexibility index (Phi) is 7.99. The molecule has 30 heavy (non-hydrogen) atoms. The Morgan fingerprint density at radius 2 is 1.47 bits per heavy atom. The van der Waals surface area contributed by atoms with Crippen LogP contribution in [0.4, 0.5) is 11.4 Å². The third-order valence-electron chi connectivity index (χ3n) is 3.97. The van der Waals surface area contributed by atoms with Crippen LogP contribution < -0.4 is 24.3 Å². The van der Waals surface area contributed by atoms with Gasteiger partial charge in [0.25, 0.3) is 5.91 Å². The van der Waals surface area contributed by atoms with Gasteiger partial charge in [0.2, 0.25) is 6.04 Å². The van der Waals surface area contributed by atoms with Crippen LogP contribution in [-0.2, 0) is 9.59 Å². The molecular weight excluding hydrogens is 414 g/mol. The zero-order valence-electron chi connectivity index (χ0n) is 17.2. The number of benzene rings is 2. The molecule has 0 radical (unpaired) electrons. The Labute approximate surface area is 178 Å². The standard InChI is InChI=1S/C20H22ClN3O6/c1-11(25)18(24-23-12-6-13(27-2)8-14(7-12)28-3)20(26)22-17-10-15(29-4)9-16(21)19(17)30-5/h6-10,18H,1-5H3,(H,22,26). The van der Waals surface area contributed by atoms with E-state index in [-0.39, 0.29) is 16.5 Å². The van der Waals surface area contributed by atoms with Crippen molar-refractivity contribution in [1.82, 2.24) is 0 Å². The lowest BCUT2D eigenvalue weighted by atomic mass is 10.2. The first-order valence-corrected chi connectivity index (χ1v) is 9.07. The number of Topliss-reactive ketones (excluding diaryl/α,β-unsaturated/α-hetero) is 1. The molecule has 10 heteroatoms. The van der Waals surface area contributed by atoms with E-state index in [1.165, 1.54) is 47.5 Å². The molecule has 2 rings (SSSR count). The SMILES string of the molecule is COc1cc(N=NC(C(C)=O)C(=O)Nc2cc(OC)cc(Cl)c2OC)cc(OC)c1. The first kappa shape index (κ1) is 23.0. The highest BCUT2D eigenvalue weighted by Crippen LogP contribution is 2.37. The minimum atomic E-state index is -1.39. The Morgan fingerprint density at radius 1 is 0.900 bits per heavy atom. The molecule has 1 amide bonds. The van der Waals surface area contributed by atoms with Crippen molar-refractivity contribution in [1.29, 1.82) is 0 Å². The summed E-state index contributed by atoms with van der Waals surface area (Å²) in [6.45, 7) is 1.24. The molecule has 2 aromatic rings. The van der Waals surface area contributed by atoms with E-state index in [0.29, 0.717) is 22.9 Å². The summed E-state index contributed by atoms with van der Waals surface area (Å²) in [7, 11) is 5.85. The van der Waals surface area contributed by atoms with E-state index < -0.39 is 17.7 Å². The number of hydrogen-bond donors (Lipinski definition) is 1. The summed E-state index contributed by atoms with van der Waals surface area (Å²) < 4.78 is 20.7. The molecule has 0 spiro atoms. The highest BCUT2D eigenvalue weighted by atomic mass is 35.5. The van der Waals surface area contributed by atoms with Crippen LogP contribution >= 0.6 is 11.6 Å². The maximum Gasteiger partial charge on any atom is 0.258 e. The highest BCUT2D eigenvalue weighted by molar-refractivity contribution is 6.33. The van der Waals surface area contributed by atoms with Gasteiger partial charge in [-0.25, -0.2) is 0 Å². The molecule has 0 fully saturated rings. The number of nitrogens with one attached hydrogen (secondary N) is 1. The summed E-state index contributed by atoms with van der Waals surface area (Å²) in [6, 6.07) is 6.50. The fourth-order valence-corrected chi connectivity index (χ4v) is 2.77.